The van der Waals surface area contributed by atoms with Crippen LogP contribution in [-0.2, 0) is 14.3 Å². The minimum atomic E-state index is -0.605. The molecule has 1 aliphatic carbocycles. The van der Waals surface area contributed by atoms with Gasteiger partial charge in [-0.3, -0.25) is 9.59 Å². The summed E-state index contributed by atoms with van der Waals surface area (Å²) >= 11 is 0. The van der Waals surface area contributed by atoms with Gasteiger partial charge in [-0.05, 0) is 33.1 Å². The van der Waals surface area contributed by atoms with Crippen molar-refractivity contribution < 1.29 is 14.3 Å². The lowest BCUT2D eigenvalue weighted by molar-refractivity contribution is -0.150. The summed E-state index contributed by atoms with van der Waals surface area (Å²) in [5.41, 5.74) is -0.871. The Labute approximate surface area is 114 Å². The van der Waals surface area contributed by atoms with Gasteiger partial charge in [0.2, 0.25) is 11.8 Å². The highest BCUT2D eigenvalue weighted by Crippen LogP contribution is 2.33. The molecule has 2 amide bonds. The third kappa shape index (κ3) is 2.91. The smallest absolute Gasteiger partial charge is 0.248 e. The molecule has 19 heavy (non-hydrogen) atoms. The fourth-order valence-corrected chi connectivity index (χ4v) is 2.91. The van der Waals surface area contributed by atoms with E-state index in [0.717, 1.165) is 32.1 Å². The molecule has 0 unspecified atom stereocenters. The van der Waals surface area contributed by atoms with Gasteiger partial charge in [0, 0.05) is 13.7 Å². The first kappa shape index (κ1) is 14.3. The van der Waals surface area contributed by atoms with Gasteiger partial charge in [-0.15, -0.1) is 0 Å². The Balaban J connectivity index is 2.04. The quantitative estimate of drug-likeness (QED) is 0.830. The molecule has 0 bridgehead atoms. The highest BCUT2D eigenvalue weighted by atomic mass is 16.5. The van der Waals surface area contributed by atoms with Crippen LogP contribution in [0.25, 0.3) is 0 Å². The van der Waals surface area contributed by atoms with Crippen molar-refractivity contribution in [1.29, 1.82) is 0 Å². The number of hydrogen-bond donors (Lipinski definition) is 1. The number of hydrogen-bond acceptors (Lipinski definition) is 3. The van der Waals surface area contributed by atoms with E-state index in [1.807, 2.05) is 13.8 Å². The molecule has 5 nitrogen and oxygen atoms in total. The third-order valence-electron chi connectivity index (χ3n) is 4.40. The van der Waals surface area contributed by atoms with Crippen LogP contribution in [0.3, 0.4) is 0 Å². The first-order valence-electron chi connectivity index (χ1n) is 7.04. The van der Waals surface area contributed by atoms with Crippen molar-refractivity contribution in [2.75, 3.05) is 20.2 Å². The van der Waals surface area contributed by atoms with Gasteiger partial charge >= 0.3 is 0 Å². The Kier molecular flexibility index (Phi) is 3.85. The van der Waals surface area contributed by atoms with Crippen LogP contribution in [0.4, 0.5) is 0 Å². The molecule has 1 saturated heterocycles. The molecule has 108 valence electrons. The second kappa shape index (κ2) is 5.12. The normalized spacial score (nSPS) is 23.0. The summed E-state index contributed by atoms with van der Waals surface area (Å²) in [7, 11) is 1.67. The van der Waals surface area contributed by atoms with Crippen molar-refractivity contribution in [2.24, 2.45) is 0 Å². The van der Waals surface area contributed by atoms with Crippen molar-refractivity contribution in [3.8, 4) is 0 Å². The van der Waals surface area contributed by atoms with Gasteiger partial charge in [-0.2, -0.15) is 0 Å². The number of nitrogens with zero attached hydrogens (tertiary/aromatic N) is 1. The zero-order valence-electron chi connectivity index (χ0n) is 12.1. The van der Waals surface area contributed by atoms with Crippen LogP contribution in [0.2, 0.25) is 0 Å². The van der Waals surface area contributed by atoms with Gasteiger partial charge in [-0.1, -0.05) is 12.8 Å². The van der Waals surface area contributed by atoms with E-state index in [-0.39, 0.29) is 24.0 Å². The van der Waals surface area contributed by atoms with E-state index in [2.05, 4.69) is 5.32 Å². The molecule has 1 heterocycles. The average molecular weight is 268 g/mol. The van der Waals surface area contributed by atoms with Crippen molar-refractivity contribution in [1.82, 2.24) is 10.2 Å². The summed E-state index contributed by atoms with van der Waals surface area (Å²) in [6.45, 7) is 4.74. The Morgan fingerprint density at radius 2 is 1.95 bits per heavy atom. The lowest BCUT2D eigenvalue weighted by Gasteiger charge is -2.40. The molecule has 1 aliphatic heterocycles. The molecule has 2 fully saturated rings. The molecule has 5 heteroatoms. The van der Waals surface area contributed by atoms with E-state index in [1.165, 1.54) is 0 Å². The van der Waals surface area contributed by atoms with E-state index in [0.29, 0.717) is 6.54 Å². The maximum absolute atomic E-state index is 12.6. The van der Waals surface area contributed by atoms with Crippen molar-refractivity contribution >= 4 is 11.8 Å². The first-order chi connectivity index (χ1) is 8.88. The summed E-state index contributed by atoms with van der Waals surface area (Å²) in [6.07, 6.45) is 4.33. The molecule has 0 aromatic carbocycles. The zero-order chi connectivity index (χ0) is 14.1. The van der Waals surface area contributed by atoms with Crippen LogP contribution in [0.15, 0.2) is 0 Å². The predicted molar refractivity (Wildman–Crippen MR) is 71.6 cm³/mol. The maximum Gasteiger partial charge on any atom is 0.248 e. The lowest BCUT2D eigenvalue weighted by atomic mass is 9.92. The van der Waals surface area contributed by atoms with Gasteiger partial charge in [0.1, 0.15) is 5.54 Å². The third-order valence-corrected chi connectivity index (χ3v) is 4.40. The van der Waals surface area contributed by atoms with Gasteiger partial charge in [0.05, 0.1) is 12.1 Å². The van der Waals surface area contributed by atoms with Crippen LogP contribution >= 0.6 is 0 Å². The molecule has 0 atom stereocenters. The number of amides is 2. The number of piperazine rings is 1. The summed E-state index contributed by atoms with van der Waals surface area (Å²) in [4.78, 5) is 26.1. The first-order valence-corrected chi connectivity index (χ1v) is 7.04. The number of ether oxygens (including phenoxy) is 1. The Morgan fingerprint density at radius 3 is 2.53 bits per heavy atom. The molecule has 1 saturated carbocycles. The zero-order valence-corrected chi connectivity index (χ0v) is 12.1. The van der Waals surface area contributed by atoms with Crippen molar-refractivity contribution in [3.05, 3.63) is 0 Å². The summed E-state index contributed by atoms with van der Waals surface area (Å²) in [5.74, 6) is 0.0632. The minimum Gasteiger partial charge on any atom is -0.379 e. The Morgan fingerprint density at radius 1 is 1.32 bits per heavy atom. The predicted octanol–water partition coefficient (Wildman–Crippen LogP) is 1.07. The van der Waals surface area contributed by atoms with Crippen LogP contribution < -0.4 is 5.32 Å². The molecule has 2 rings (SSSR count). The van der Waals surface area contributed by atoms with Gasteiger partial charge in [-0.25, -0.2) is 0 Å². The maximum atomic E-state index is 12.6. The molecule has 1 spiro atoms. The van der Waals surface area contributed by atoms with Crippen LogP contribution in [0.1, 0.15) is 46.0 Å². The Hall–Kier alpha value is -1.10. The van der Waals surface area contributed by atoms with Gasteiger partial charge < -0.3 is 15.0 Å². The molecule has 1 N–H and O–H groups in total. The molecule has 2 aliphatic rings. The van der Waals surface area contributed by atoms with Crippen molar-refractivity contribution in [3.63, 3.8) is 0 Å². The van der Waals surface area contributed by atoms with Crippen LogP contribution in [0, 0.1) is 0 Å². The number of rotatable bonds is 4. The monoisotopic (exact) mass is 268 g/mol. The lowest BCUT2D eigenvalue weighted by Crippen LogP contribution is -2.65. The summed E-state index contributed by atoms with van der Waals surface area (Å²) in [6, 6.07) is 0. The SMILES string of the molecule is COC(C)(C)CCN1CC(=O)NC2(CCCC2)C1=O. The second-order valence-electron chi connectivity index (χ2n) is 6.28. The van der Waals surface area contributed by atoms with Crippen LogP contribution in [-0.4, -0.2) is 48.1 Å². The van der Waals surface area contributed by atoms with Gasteiger partial charge in [0.15, 0.2) is 0 Å². The molecule has 0 aromatic heterocycles. The standard InChI is InChI=1S/C14H24N2O3/c1-13(2,19-3)8-9-16-10-11(17)15-14(12(16)18)6-4-5-7-14/h4-10H2,1-3H3,(H,15,17). The van der Waals surface area contributed by atoms with E-state index in [1.54, 1.807) is 12.0 Å². The van der Waals surface area contributed by atoms with E-state index >= 15 is 0 Å². The second-order valence-corrected chi connectivity index (χ2v) is 6.28. The van der Waals surface area contributed by atoms with E-state index in [9.17, 15) is 9.59 Å². The number of carbonyl (C=O) groups is 2. The topological polar surface area (TPSA) is 58.6 Å². The summed E-state index contributed by atoms with van der Waals surface area (Å²) in [5, 5.41) is 2.92. The number of methoxy groups -OCH3 is 1. The summed E-state index contributed by atoms with van der Waals surface area (Å²) < 4.78 is 5.37. The largest absolute Gasteiger partial charge is 0.379 e. The highest BCUT2D eigenvalue weighted by molar-refractivity contribution is 5.98. The highest BCUT2D eigenvalue weighted by Gasteiger charge is 2.48. The molecule has 0 radical (unpaired) electrons. The van der Waals surface area contributed by atoms with E-state index in [4.69, 9.17) is 4.74 Å². The molecule has 0 aromatic rings. The van der Waals surface area contributed by atoms with Crippen LogP contribution in [0.5, 0.6) is 0 Å². The Bertz CT molecular complexity index is 373. The number of nitrogens with one attached hydrogen (secondary N) is 1. The van der Waals surface area contributed by atoms with Crippen molar-refractivity contribution in [2.45, 2.75) is 57.1 Å². The minimum absolute atomic E-state index is 0.0308. The van der Waals surface area contributed by atoms with Gasteiger partial charge in [0.25, 0.3) is 0 Å². The van der Waals surface area contributed by atoms with E-state index < -0.39 is 5.54 Å². The average Bonchev–Trinajstić information content (AvgIpc) is 2.81. The molecular weight excluding hydrogens is 244 g/mol. The fraction of sp³-hybridized carbons (Fsp3) is 0.857. The fourth-order valence-electron chi connectivity index (χ4n) is 2.91. The number of carbonyl (C=O) groups excluding carboxylic acids is 2. The molecular formula is C14H24N2O3.